The molecule has 136 heavy (non-hydrogen) atoms. The summed E-state index contributed by atoms with van der Waals surface area (Å²) in [7, 11) is 0. The van der Waals surface area contributed by atoms with Crippen LogP contribution in [0.1, 0.15) is 78.1 Å². The second kappa shape index (κ2) is 74.9. The van der Waals surface area contributed by atoms with Crippen LogP contribution in [0.3, 0.4) is 0 Å². The zero-order chi connectivity index (χ0) is 91.0. The van der Waals surface area contributed by atoms with Crippen LogP contribution in [0, 0.1) is 23.7 Å². The smallest absolute Gasteiger partial charge is 0.550 e. The summed E-state index contributed by atoms with van der Waals surface area (Å²) in [4.78, 5) is 93.1. The van der Waals surface area contributed by atoms with Gasteiger partial charge in [-0.1, -0.05) is 13.8 Å². The fraction of sp³-hybridized carbons (Fsp3) is 0.895. The molecule has 28 heterocycles. The maximum Gasteiger partial charge on any atom is 1.00 e. The molecule has 28 aliphatic heterocycles. The summed E-state index contributed by atoms with van der Waals surface area (Å²) in [6, 6.07) is 0. The van der Waals surface area contributed by atoms with Gasteiger partial charge in [0.25, 0.3) is 0 Å². The van der Waals surface area contributed by atoms with Gasteiger partial charge in [0, 0.05) is 76.2 Å². The first-order valence-electron chi connectivity index (χ1n) is 41.0. The van der Waals surface area contributed by atoms with Gasteiger partial charge in [-0.25, -0.2) is 0 Å². The molecule has 44 nitrogen and oxygen atoms in total. The van der Waals surface area contributed by atoms with E-state index in [-0.39, 0.29) is 377 Å². The zero-order valence-corrected chi connectivity index (χ0v) is 100. The number of ether oxygens (including phenoxy) is 14. The predicted molar refractivity (Wildman–Crippen MR) is 449 cm³/mol. The van der Waals surface area contributed by atoms with Crippen LogP contribution in [-0.4, -0.2) is 433 Å². The van der Waals surface area contributed by atoms with Crippen LogP contribution in [-0.2, 0) is 121 Å². The predicted octanol–water partition coefficient (Wildman–Crippen LogP) is -37.1. The number of thioether (sulfide) groups is 8. The molecule has 28 saturated heterocycles. The first-order chi connectivity index (χ1) is 59.7. The van der Waals surface area contributed by atoms with E-state index in [0.717, 1.165) is 70.6 Å². The van der Waals surface area contributed by atoms with Crippen molar-refractivity contribution in [2.75, 3.05) is 92.0 Å². The van der Waals surface area contributed by atoms with E-state index in [9.17, 15) is 135 Å². The van der Waals surface area contributed by atoms with Gasteiger partial charge in [-0.2, -0.15) is 94.1 Å². The average molecular weight is 2180 g/mol. The fourth-order valence-corrected chi connectivity index (χ4v) is 23.8. The van der Waals surface area contributed by atoms with Crippen LogP contribution in [0.15, 0.2) is 0 Å². The molecule has 30 rings (SSSR count). The standard InChI is InChI=1S/C76H117O41S8.8Na.3H2O/c1-32-50(91)72-107-38(26-121-17-6-44(80)81)63(32)112-73-61(102)57(98)69(42(110-73)30-124-20-9-47(86)87)115-71-33(2)49(90)66(39(106-71)28-122-18-7-45(82)83)116-76-60(101)56(97)68(41(109-76)29-123-19-8-46(84)85)105-37-23-34(24-118-14-3-11-77)64(53(94)52(37)93)113-74-59(100)55(96)67(40(108-74)27-120-16-5-13-79)104-36-22-35(25-119-15-4-12-78)65(54(95)51(36)92)114-75-62(103)58(99)70(117-72)43(111-75)31-125-21-10-48(88)89;;;;;;;;;;;/h32-43,49-76,90-103H,3-10,14-31H2,1-2H3,(H,80,81)(H,82,83)(H,84,85)(H,86,87)(H,88,89);;;;;;;;;3*1H2/q-3;8*+1;;;/p-2/t32-,33-,34-,35-,36?,37?,38-,39-,40-,41-,42-,43-,49-,50-,51+,52+,53-,54-,55-,56-,57-,58-,59-,60-,61-,62-,63+,64-,65-,66-,67-,68-,69-,70-,71?,72?,73?,74?,75?,76?;;;;;;;;;;;/m0.........../s1. The second-order valence-electron chi connectivity index (χ2n) is 31.6. The van der Waals surface area contributed by atoms with Crippen molar-refractivity contribution >= 4 is 143 Å². The summed E-state index contributed by atoms with van der Waals surface area (Å²) < 4.78 is 90.7. The van der Waals surface area contributed by atoms with Crippen LogP contribution in [0.5, 0.6) is 0 Å². The molecule has 23 N–H and O–H groups in total. The Balaban J connectivity index is -0.0000161. The third-order valence-corrected chi connectivity index (χ3v) is 31.4. The maximum absolute atomic E-state index is 12.5. The number of carbonyl (C=O) groups is 5. The Morgan fingerprint density at radius 3 is 0.728 bits per heavy atom. The fourth-order valence-electron chi connectivity index (χ4n) is 16.0. The van der Waals surface area contributed by atoms with Crippen molar-refractivity contribution in [3.8, 4) is 0 Å². The number of rotatable bonds is 40. The minimum atomic E-state index is -2.15. The normalized spacial score (nSPS) is 38.8. The van der Waals surface area contributed by atoms with E-state index in [4.69, 9.17) is 66.3 Å². The summed E-state index contributed by atoms with van der Waals surface area (Å²) in [5, 5.41) is 231. The van der Waals surface area contributed by atoms with E-state index in [1.807, 2.05) is 0 Å². The molecule has 2 aliphatic carbocycles. The Hall–Kier alpha value is 5.92. The van der Waals surface area contributed by atoms with Crippen molar-refractivity contribution in [2.24, 2.45) is 23.7 Å². The van der Waals surface area contributed by atoms with Gasteiger partial charge in [0.05, 0.1) is 73.2 Å². The monoisotopic (exact) mass is 2180 g/mol. The summed E-state index contributed by atoms with van der Waals surface area (Å²) in [6.45, 7) is 2.86. The number of hydrogen-bond donors (Lipinski definition) is 14. The van der Waals surface area contributed by atoms with E-state index in [0.29, 0.717) is 0 Å². The molecule has 0 aromatic rings. The Morgan fingerprint density at radius 1 is 0.250 bits per heavy atom. The Bertz CT molecular complexity index is 3300. The number of hydrogen-bond acceptors (Lipinski definition) is 49. The van der Waals surface area contributed by atoms with Crippen molar-refractivity contribution < 1.29 is 455 Å². The number of carboxylic acid groups (broad SMARTS) is 5. The van der Waals surface area contributed by atoms with Crippen LogP contribution in [0.2, 0.25) is 0 Å². The van der Waals surface area contributed by atoms with Gasteiger partial charge in [0.1, 0.15) is 110 Å². The molecule has 40 atom stereocenters. The average Bonchev–Trinajstić information content (AvgIpc) is 0.768. The number of carboxylic acids is 5. The Morgan fingerprint density at radius 2 is 0.456 bits per heavy atom. The van der Waals surface area contributed by atoms with E-state index < -0.39 is 306 Å². The van der Waals surface area contributed by atoms with E-state index >= 15 is 0 Å². The third kappa shape index (κ3) is 42.9. The van der Waals surface area contributed by atoms with E-state index in [1.54, 1.807) is 18.9 Å². The van der Waals surface area contributed by atoms with Gasteiger partial charge in [0.2, 0.25) is 0 Å². The molecule has 60 heteroatoms. The number of aliphatic carboxylic acids is 5. The van der Waals surface area contributed by atoms with Crippen LogP contribution in [0.4, 0.5) is 0 Å². The molecule has 0 radical (unpaired) electrons. The molecular weight excluding hydrogens is 2060 g/mol. The summed E-state index contributed by atoms with van der Waals surface area (Å²) >= 11 is 8.27. The minimum Gasteiger partial charge on any atom is -0.550 e. The van der Waals surface area contributed by atoms with Crippen LogP contribution >= 0.6 is 94.1 Å². The summed E-state index contributed by atoms with van der Waals surface area (Å²) in [5.74, 6) is -13.2. The van der Waals surface area contributed by atoms with Gasteiger partial charge in [-0.3, -0.25) is 18.9 Å². The molecule has 0 aromatic carbocycles. The Labute approximate surface area is 998 Å². The van der Waals surface area contributed by atoms with Crippen molar-refractivity contribution in [2.45, 2.75) is 299 Å². The first-order valence-corrected chi connectivity index (χ1v) is 50.3. The largest absolute Gasteiger partial charge is 1.00 e. The minimum absolute atomic E-state index is 0. The van der Waals surface area contributed by atoms with Gasteiger partial charge in [0.15, 0.2) is 37.7 Å². The zero-order valence-electron chi connectivity index (χ0n) is 77.8. The summed E-state index contributed by atoms with van der Waals surface area (Å²) in [6.07, 6.45) is -62.1. The molecule has 16 bridgehead atoms. The van der Waals surface area contributed by atoms with Crippen molar-refractivity contribution in [3.05, 3.63) is 0 Å². The molecule has 0 spiro atoms. The molecule has 30 fully saturated rings. The van der Waals surface area contributed by atoms with Crippen LogP contribution in [0.25, 0.3) is 0 Å². The van der Waals surface area contributed by atoms with E-state index in [2.05, 4.69) is 0 Å². The van der Waals surface area contributed by atoms with Crippen LogP contribution < -0.4 is 262 Å². The van der Waals surface area contributed by atoms with Gasteiger partial charge in [-0.15, -0.1) is 19.3 Å². The molecule has 0 aromatic heterocycles. The van der Waals surface area contributed by atoms with Crippen molar-refractivity contribution in [1.82, 2.24) is 0 Å². The van der Waals surface area contributed by atoms with E-state index in [1.165, 1.54) is 37.4 Å². The third-order valence-electron chi connectivity index (χ3n) is 22.8. The summed E-state index contributed by atoms with van der Waals surface area (Å²) in [5.41, 5.74) is 0. The number of aliphatic hydroxyl groups excluding tert-OH is 14. The van der Waals surface area contributed by atoms with Gasteiger partial charge >= 0.3 is 236 Å². The molecule has 2 saturated carbocycles. The molecule has 8 unspecified atom stereocenters. The molecule has 0 amide bonds. The second-order valence-corrected chi connectivity index (χ2v) is 40.8. The van der Waals surface area contributed by atoms with Crippen molar-refractivity contribution in [1.29, 1.82) is 0 Å². The van der Waals surface area contributed by atoms with Gasteiger partial charge in [-0.05, 0) is 114 Å². The van der Waals surface area contributed by atoms with Gasteiger partial charge < -0.3 is 218 Å². The molecule has 742 valence electrons. The SMILES string of the molecule is C[C@@H]1[C@H]2OC3O[C@@H](CSCCC(=O)[O-])[C@H](OC4O[C@@H](CSCCC(=O)[O-])[C@H](OC5O[C@@H](CSCCC(=O)[O-])[C@H](OC6C[C@@H](CSCC[C-]=O)[C@H](OC7O[C@@H](CSCC[C-]=O)[C@H](OC8C[C@@H](CSCC[C-]=O)[C@H](OC9O[C@@H](CSCCC(=O)[O-])[C@H](OC(O[C@H]2CSCCC(=O)[O-])[C@H]1O)[C@@H](O)[C@@H]9O)[C@@H](O)[C@@H]8O)[C@@H](O)[C@@H]7O)[C@@H](O)[C@@H]6O)[C@@H](O)[C@@H]5O)[C@@H](O)[C@@H]4C)[C@@H](O)[C@@H]3O.[Na+].[Na+].[Na+].[Na+].[Na+].[Na+].[Na+].[Na+].[OH3+].[OH3+].[OH3+]. The quantitative estimate of drug-likeness (QED) is 0.0117. The maximum atomic E-state index is 12.5. The number of aliphatic hydroxyl groups is 14. The van der Waals surface area contributed by atoms with Crippen molar-refractivity contribution in [3.63, 3.8) is 0 Å². The topological polar surface area (TPSA) is 763 Å². The molecular formula is C76H121Na8O44S8+3. The first kappa shape index (κ1) is 146. The number of carbonyl (C=O) groups excluding carboxylic acids is 8. The Kier molecular flexibility index (Phi) is 80.4. The molecule has 30 aliphatic rings.